The summed E-state index contributed by atoms with van der Waals surface area (Å²) in [4.78, 5) is 16.5. The van der Waals surface area contributed by atoms with Crippen molar-refractivity contribution in [3.8, 4) is 0 Å². The molecule has 0 unspecified atom stereocenters. The zero-order chi connectivity index (χ0) is 13.4. The Hall–Kier alpha value is -0.610. The van der Waals surface area contributed by atoms with Crippen LogP contribution in [0.4, 0.5) is 0 Å². The second kappa shape index (κ2) is 8.48. The molecule has 1 heterocycles. The van der Waals surface area contributed by atoms with Crippen LogP contribution in [0.15, 0.2) is 0 Å². The highest BCUT2D eigenvalue weighted by Gasteiger charge is 2.24. The molecule has 2 N–H and O–H groups in total. The fourth-order valence-electron chi connectivity index (χ4n) is 2.60. The highest BCUT2D eigenvalue weighted by molar-refractivity contribution is 5.76. The van der Waals surface area contributed by atoms with Gasteiger partial charge in [-0.15, -0.1) is 0 Å². The summed E-state index contributed by atoms with van der Waals surface area (Å²) in [5.74, 6) is 0.307. The quantitative estimate of drug-likeness (QED) is 0.701. The molecule has 106 valence electrons. The summed E-state index contributed by atoms with van der Waals surface area (Å²) in [5, 5.41) is 0. The SMILES string of the molecule is CCN1CCC(N(C)C(=O)CCCCCN)CC1. The van der Waals surface area contributed by atoms with Crippen LogP contribution in [0.3, 0.4) is 0 Å². The third-order valence-electron chi connectivity index (χ3n) is 4.04. The molecule has 0 saturated carbocycles. The molecule has 1 rings (SSSR count). The lowest BCUT2D eigenvalue weighted by Crippen LogP contribution is -2.45. The summed E-state index contributed by atoms with van der Waals surface area (Å²) in [5.41, 5.74) is 5.45. The van der Waals surface area contributed by atoms with Gasteiger partial charge < -0.3 is 15.5 Å². The van der Waals surface area contributed by atoms with Gasteiger partial charge in [-0.2, -0.15) is 0 Å². The molecule has 1 fully saturated rings. The van der Waals surface area contributed by atoms with Crippen LogP contribution in [-0.4, -0.2) is 55.0 Å². The number of carbonyl (C=O) groups is 1. The first-order valence-corrected chi connectivity index (χ1v) is 7.37. The molecule has 1 aliphatic heterocycles. The van der Waals surface area contributed by atoms with Gasteiger partial charge in [0.1, 0.15) is 0 Å². The van der Waals surface area contributed by atoms with Crippen molar-refractivity contribution in [2.45, 2.75) is 51.5 Å². The second-order valence-electron chi connectivity index (χ2n) is 5.27. The van der Waals surface area contributed by atoms with Gasteiger partial charge in [0.2, 0.25) is 5.91 Å². The molecule has 4 heteroatoms. The fraction of sp³-hybridized carbons (Fsp3) is 0.929. The van der Waals surface area contributed by atoms with Crippen molar-refractivity contribution in [2.75, 3.05) is 33.2 Å². The molecule has 0 aromatic heterocycles. The predicted molar refractivity (Wildman–Crippen MR) is 75.4 cm³/mol. The second-order valence-corrected chi connectivity index (χ2v) is 5.27. The number of piperidine rings is 1. The van der Waals surface area contributed by atoms with E-state index in [0.29, 0.717) is 18.4 Å². The maximum absolute atomic E-state index is 12.0. The summed E-state index contributed by atoms with van der Waals surface area (Å²) >= 11 is 0. The standard InChI is InChI=1S/C14H29N3O/c1-3-17-11-8-13(9-12-17)16(2)14(18)7-5-4-6-10-15/h13H,3-12,15H2,1-2H3. The summed E-state index contributed by atoms with van der Waals surface area (Å²) in [7, 11) is 1.97. The molecule has 4 nitrogen and oxygen atoms in total. The van der Waals surface area contributed by atoms with E-state index in [9.17, 15) is 4.79 Å². The normalized spacial score (nSPS) is 17.9. The Labute approximate surface area is 111 Å². The molecule has 0 bridgehead atoms. The highest BCUT2D eigenvalue weighted by atomic mass is 16.2. The third-order valence-corrected chi connectivity index (χ3v) is 4.04. The minimum absolute atomic E-state index is 0.307. The Bertz CT molecular complexity index is 237. The van der Waals surface area contributed by atoms with Crippen LogP contribution in [0.1, 0.15) is 45.4 Å². The lowest BCUT2D eigenvalue weighted by atomic mass is 10.0. The topological polar surface area (TPSA) is 49.6 Å². The molecule has 0 aromatic rings. The van der Waals surface area contributed by atoms with Crippen molar-refractivity contribution < 1.29 is 4.79 Å². The van der Waals surface area contributed by atoms with Crippen LogP contribution in [0, 0.1) is 0 Å². The number of hydrogen-bond acceptors (Lipinski definition) is 3. The number of carbonyl (C=O) groups excluding carboxylic acids is 1. The molecule has 0 spiro atoms. The van der Waals surface area contributed by atoms with Crippen molar-refractivity contribution >= 4 is 5.91 Å². The molecule has 0 atom stereocenters. The van der Waals surface area contributed by atoms with E-state index in [1.54, 1.807) is 0 Å². The monoisotopic (exact) mass is 255 g/mol. The minimum atomic E-state index is 0.307. The number of unbranched alkanes of at least 4 members (excludes halogenated alkanes) is 2. The van der Waals surface area contributed by atoms with Gasteiger partial charge in [-0.1, -0.05) is 13.3 Å². The Kier molecular flexibility index (Phi) is 7.28. The van der Waals surface area contributed by atoms with E-state index in [2.05, 4.69) is 11.8 Å². The maximum atomic E-state index is 12.0. The molecule has 18 heavy (non-hydrogen) atoms. The Morgan fingerprint density at radius 2 is 1.94 bits per heavy atom. The average molecular weight is 255 g/mol. The summed E-state index contributed by atoms with van der Waals surface area (Å²) in [6.45, 7) is 6.33. The molecular formula is C14H29N3O. The Balaban J connectivity index is 2.22. The van der Waals surface area contributed by atoms with Crippen molar-refractivity contribution in [2.24, 2.45) is 5.73 Å². The number of nitrogens with zero attached hydrogens (tertiary/aromatic N) is 2. The number of rotatable bonds is 7. The Morgan fingerprint density at radius 1 is 1.28 bits per heavy atom. The lowest BCUT2D eigenvalue weighted by Gasteiger charge is -2.36. The Morgan fingerprint density at radius 3 is 2.50 bits per heavy atom. The predicted octanol–water partition coefficient (Wildman–Crippen LogP) is 1.45. The molecule has 1 saturated heterocycles. The summed E-state index contributed by atoms with van der Waals surface area (Å²) in [6, 6.07) is 0.454. The van der Waals surface area contributed by atoms with E-state index < -0.39 is 0 Å². The average Bonchev–Trinajstić information content (AvgIpc) is 2.42. The van der Waals surface area contributed by atoms with E-state index in [1.807, 2.05) is 11.9 Å². The first-order valence-electron chi connectivity index (χ1n) is 7.37. The van der Waals surface area contributed by atoms with Gasteiger partial charge in [-0.25, -0.2) is 0 Å². The number of likely N-dealkylation sites (tertiary alicyclic amines) is 1. The molecule has 1 amide bonds. The largest absolute Gasteiger partial charge is 0.343 e. The summed E-state index contributed by atoms with van der Waals surface area (Å²) in [6.07, 6.45) is 6.02. The van der Waals surface area contributed by atoms with Gasteiger partial charge in [0.25, 0.3) is 0 Å². The van der Waals surface area contributed by atoms with E-state index in [1.165, 1.54) is 0 Å². The number of hydrogen-bond donors (Lipinski definition) is 1. The first kappa shape index (κ1) is 15.4. The van der Waals surface area contributed by atoms with Crippen molar-refractivity contribution in [1.82, 2.24) is 9.80 Å². The van der Waals surface area contributed by atoms with Gasteiger partial charge in [-0.05, 0) is 38.8 Å². The van der Waals surface area contributed by atoms with E-state index >= 15 is 0 Å². The van der Waals surface area contributed by atoms with Gasteiger partial charge in [0.15, 0.2) is 0 Å². The van der Waals surface area contributed by atoms with Crippen LogP contribution in [-0.2, 0) is 4.79 Å². The van der Waals surface area contributed by atoms with Crippen LogP contribution in [0.2, 0.25) is 0 Å². The van der Waals surface area contributed by atoms with Crippen LogP contribution >= 0.6 is 0 Å². The minimum Gasteiger partial charge on any atom is -0.343 e. The molecule has 1 aliphatic rings. The van der Waals surface area contributed by atoms with Crippen molar-refractivity contribution in [3.63, 3.8) is 0 Å². The molecule has 0 aliphatic carbocycles. The molecular weight excluding hydrogens is 226 g/mol. The van der Waals surface area contributed by atoms with Crippen LogP contribution in [0.25, 0.3) is 0 Å². The fourth-order valence-corrected chi connectivity index (χ4v) is 2.60. The van der Waals surface area contributed by atoms with Gasteiger partial charge >= 0.3 is 0 Å². The van der Waals surface area contributed by atoms with E-state index in [0.717, 1.165) is 58.3 Å². The molecule has 0 radical (unpaired) electrons. The number of nitrogens with two attached hydrogens (primary N) is 1. The lowest BCUT2D eigenvalue weighted by molar-refractivity contribution is -0.132. The zero-order valence-electron chi connectivity index (χ0n) is 12.0. The van der Waals surface area contributed by atoms with Crippen molar-refractivity contribution in [1.29, 1.82) is 0 Å². The third kappa shape index (κ3) is 4.94. The van der Waals surface area contributed by atoms with Gasteiger partial charge in [0, 0.05) is 32.6 Å². The maximum Gasteiger partial charge on any atom is 0.222 e. The molecule has 0 aromatic carbocycles. The number of amides is 1. The van der Waals surface area contributed by atoms with Gasteiger partial charge in [-0.3, -0.25) is 4.79 Å². The van der Waals surface area contributed by atoms with E-state index in [-0.39, 0.29) is 0 Å². The highest BCUT2D eigenvalue weighted by Crippen LogP contribution is 2.16. The van der Waals surface area contributed by atoms with Gasteiger partial charge in [0.05, 0.1) is 0 Å². The van der Waals surface area contributed by atoms with E-state index in [4.69, 9.17) is 5.73 Å². The van der Waals surface area contributed by atoms with Crippen molar-refractivity contribution in [3.05, 3.63) is 0 Å². The first-order chi connectivity index (χ1) is 8.69. The summed E-state index contributed by atoms with van der Waals surface area (Å²) < 4.78 is 0. The van der Waals surface area contributed by atoms with Crippen LogP contribution < -0.4 is 5.73 Å². The smallest absolute Gasteiger partial charge is 0.222 e. The van der Waals surface area contributed by atoms with Crippen LogP contribution in [0.5, 0.6) is 0 Å². The zero-order valence-corrected chi connectivity index (χ0v) is 12.0.